The smallest absolute Gasteiger partial charge is 0.303 e. The molecule has 4 heteroatoms. The maximum atomic E-state index is 11.0. The lowest BCUT2D eigenvalue weighted by molar-refractivity contribution is -0.146. The average Bonchev–Trinajstić information content (AvgIpc) is 2.35. The van der Waals surface area contributed by atoms with Gasteiger partial charge in [0.15, 0.2) is 11.5 Å². The van der Waals surface area contributed by atoms with Gasteiger partial charge in [-0.15, -0.1) is 0 Å². The summed E-state index contributed by atoms with van der Waals surface area (Å²) in [7, 11) is 0. The van der Waals surface area contributed by atoms with Crippen LogP contribution in [0, 0.1) is 0 Å². The summed E-state index contributed by atoms with van der Waals surface area (Å²) < 4.78 is 16.2. The van der Waals surface area contributed by atoms with Crippen molar-refractivity contribution in [1.82, 2.24) is 0 Å². The first-order chi connectivity index (χ1) is 8.20. The highest BCUT2D eigenvalue weighted by molar-refractivity contribution is 5.66. The molecule has 0 spiro atoms. The molecule has 0 saturated heterocycles. The number of esters is 1. The number of hydrogen-bond acceptors (Lipinski definition) is 4. The van der Waals surface area contributed by atoms with Crippen LogP contribution < -0.4 is 9.47 Å². The second kappa shape index (κ2) is 5.08. The van der Waals surface area contributed by atoms with Crippen molar-refractivity contribution in [3.05, 3.63) is 23.8 Å². The maximum absolute atomic E-state index is 11.0. The van der Waals surface area contributed by atoms with Gasteiger partial charge in [0.2, 0.25) is 0 Å². The SMILES string of the molecule is CCC(OC(C)=O)c1ccc2c(c1)OCCO2. The first-order valence-electron chi connectivity index (χ1n) is 5.77. The molecule has 1 aliphatic rings. The molecule has 17 heavy (non-hydrogen) atoms. The van der Waals surface area contributed by atoms with Gasteiger partial charge in [-0.3, -0.25) is 4.79 Å². The molecule has 2 rings (SSSR count). The van der Waals surface area contributed by atoms with Crippen molar-refractivity contribution < 1.29 is 19.0 Å². The Morgan fingerprint density at radius 3 is 2.71 bits per heavy atom. The quantitative estimate of drug-likeness (QED) is 0.756. The van der Waals surface area contributed by atoms with E-state index in [-0.39, 0.29) is 12.1 Å². The van der Waals surface area contributed by atoms with E-state index in [4.69, 9.17) is 14.2 Å². The second-order valence-electron chi connectivity index (χ2n) is 3.91. The van der Waals surface area contributed by atoms with Crippen LogP contribution in [0.5, 0.6) is 11.5 Å². The maximum Gasteiger partial charge on any atom is 0.303 e. The molecule has 1 heterocycles. The van der Waals surface area contributed by atoms with E-state index in [0.717, 1.165) is 23.5 Å². The van der Waals surface area contributed by atoms with Gasteiger partial charge in [-0.25, -0.2) is 0 Å². The van der Waals surface area contributed by atoms with Crippen molar-refractivity contribution in [3.8, 4) is 11.5 Å². The standard InChI is InChI=1S/C13H16O4/c1-3-11(17-9(2)14)10-4-5-12-13(8-10)16-7-6-15-12/h4-5,8,11H,3,6-7H2,1-2H3. The molecular weight excluding hydrogens is 220 g/mol. The molecule has 1 atom stereocenters. The number of benzene rings is 1. The molecule has 0 amide bonds. The lowest BCUT2D eigenvalue weighted by atomic mass is 10.1. The summed E-state index contributed by atoms with van der Waals surface area (Å²) in [6, 6.07) is 5.65. The van der Waals surface area contributed by atoms with E-state index in [9.17, 15) is 4.79 Å². The van der Waals surface area contributed by atoms with Gasteiger partial charge in [-0.05, 0) is 24.1 Å². The van der Waals surface area contributed by atoms with Crippen molar-refractivity contribution in [2.24, 2.45) is 0 Å². The predicted molar refractivity (Wildman–Crippen MR) is 62.2 cm³/mol. The van der Waals surface area contributed by atoms with Gasteiger partial charge in [0.25, 0.3) is 0 Å². The largest absolute Gasteiger partial charge is 0.486 e. The van der Waals surface area contributed by atoms with Gasteiger partial charge in [0.05, 0.1) is 0 Å². The molecule has 92 valence electrons. The van der Waals surface area contributed by atoms with E-state index in [1.54, 1.807) is 0 Å². The summed E-state index contributed by atoms with van der Waals surface area (Å²) in [5.74, 6) is 1.20. The number of carbonyl (C=O) groups is 1. The highest BCUT2D eigenvalue weighted by atomic mass is 16.6. The van der Waals surface area contributed by atoms with E-state index >= 15 is 0 Å². The molecule has 0 fully saturated rings. The summed E-state index contributed by atoms with van der Waals surface area (Å²) >= 11 is 0. The van der Waals surface area contributed by atoms with Crippen LogP contribution in [-0.4, -0.2) is 19.2 Å². The molecule has 1 unspecified atom stereocenters. The van der Waals surface area contributed by atoms with Crippen molar-refractivity contribution in [2.75, 3.05) is 13.2 Å². The van der Waals surface area contributed by atoms with Gasteiger partial charge in [-0.2, -0.15) is 0 Å². The number of fused-ring (bicyclic) bond motifs is 1. The molecule has 0 saturated carbocycles. The molecule has 0 bridgehead atoms. The summed E-state index contributed by atoms with van der Waals surface area (Å²) in [5.41, 5.74) is 0.937. The van der Waals surface area contributed by atoms with Crippen LogP contribution in [0.4, 0.5) is 0 Å². The van der Waals surface area contributed by atoms with E-state index in [0.29, 0.717) is 13.2 Å². The van der Waals surface area contributed by atoms with Gasteiger partial charge in [0, 0.05) is 6.92 Å². The minimum Gasteiger partial charge on any atom is -0.486 e. The Morgan fingerprint density at radius 1 is 1.35 bits per heavy atom. The highest BCUT2D eigenvalue weighted by Crippen LogP contribution is 2.34. The summed E-state index contributed by atoms with van der Waals surface area (Å²) in [6.07, 6.45) is 0.516. The average molecular weight is 236 g/mol. The first-order valence-corrected chi connectivity index (χ1v) is 5.77. The third-order valence-corrected chi connectivity index (χ3v) is 2.62. The molecular formula is C13H16O4. The van der Waals surface area contributed by atoms with E-state index < -0.39 is 0 Å². The van der Waals surface area contributed by atoms with Crippen LogP contribution in [0.1, 0.15) is 31.9 Å². The Kier molecular flexibility index (Phi) is 3.52. The minimum atomic E-state index is -0.272. The molecule has 0 aliphatic carbocycles. The number of carbonyl (C=O) groups excluding carboxylic acids is 1. The van der Waals surface area contributed by atoms with Crippen LogP contribution in [0.3, 0.4) is 0 Å². The molecule has 0 N–H and O–H groups in total. The summed E-state index contributed by atoms with van der Waals surface area (Å²) in [4.78, 5) is 11.0. The van der Waals surface area contributed by atoms with Crippen LogP contribution in [0.25, 0.3) is 0 Å². The van der Waals surface area contributed by atoms with Crippen LogP contribution >= 0.6 is 0 Å². The van der Waals surface area contributed by atoms with Crippen LogP contribution in [-0.2, 0) is 9.53 Å². The van der Waals surface area contributed by atoms with Crippen molar-refractivity contribution in [3.63, 3.8) is 0 Å². The highest BCUT2D eigenvalue weighted by Gasteiger charge is 2.17. The number of ether oxygens (including phenoxy) is 3. The Hall–Kier alpha value is -1.71. The summed E-state index contributed by atoms with van der Waals surface area (Å²) in [6.45, 7) is 4.53. The van der Waals surface area contributed by atoms with Gasteiger partial charge >= 0.3 is 5.97 Å². The summed E-state index contributed by atoms with van der Waals surface area (Å²) in [5, 5.41) is 0. The van der Waals surface area contributed by atoms with Crippen molar-refractivity contribution in [2.45, 2.75) is 26.4 Å². The molecule has 1 aromatic carbocycles. The predicted octanol–water partition coefficient (Wildman–Crippen LogP) is 2.47. The normalized spacial score (nSPS) is 15.2. The Morgan fingerprint density at radius 2 is 2.06 bits per heavy atom. The molecule has 0 aromatic heterocycles. The molecule has 4 nitrogen and oxygen atoms in total. The third kappa shape index (κ3) is 2.70. The van der Waals surface area contributed by atoms with Crippen molar-refractivity contribution in [1.29, 1.82) is 0 Å². The Bertz CT molecular complexity index is 414. The van der Waals surface area contributed by atoms with Crippen LogP contribution in [0.2, 0.25) is 0 Å². The molecule has 1 aromatic rings. The fourth-order valence-corrected chi connectivity index (χ4v) is 1.85. The number of rotatable bonds is 3. The third-order valence-electron chi connectivity index (χ3n) is 2.62. The van der Waals surface area contributed by atoms with Gasteiger partial charge in [0.1, 0.15) is 19.3 Å². The van der Waals surface area contributed by atoms with Gasteiger partial charge < -0.3 is 14.2 Å². The van der Waals surface area contributed by atoms with Crippen LogP contribution in [0.15, 0.2) is 18.2 Å². The Labute approximate surface area is 100 Å². The zero-order valence-electron chi connectivity index (χ0n) is 10.1. The Balaban J connectivity index is 2.22. The molecule has 1 aliphatic heterocycles. The lowest BCUT2D eigenvalue weighted by Gasteiger charge is -2.21. The fraction of sp³-hybridized carbons (Fsp3) is 0.462. The monoisotopic (exact) mass is 236 g/mol. The zero-order valence-corrected chi connectivity index (χ0v) is 10.1. The van der Waals surface area contributed by atoms with E-state index in [1.165, 1.54) is 6.92 Å². The minimum absolute atomic E-state index is 0.219. The first kappa shape index (κ1) is 11.8. The van der Waals surface area contributed by atoms with E-state index in [2.05, 4.69) is 0 Å². The fourth-order valence-electron chi connectivity index (χ4n) is 1.85. The van der Waals surface area contributed by atoms with Gasteiger partial charge in [-0.1, -0.05) is 13.0 Å². The second-order valence-corrected chi connectivity index (χ2v) is 3.91. The number of hydrogen-bond donors (Lipinski definition) is 0. The lowest BCUT2D eigenvalue weighted by Crippen LogP contribution is -2.16. The topological polar surface area (TPSA) is 44.8 Å². The van der Waals surface area contributed by atoms with E-state index in [1.807, 2.05) is 25.1 Å². The van der Waals surface area contributed by atoms with Crippen molar-refractivity contribution >= 4 is 5.97 Å². The molecule has 0 radical (unpaired) electrons. The zero-order chi connectivity index (χ0) is 12.3.